The number of aromatic nitrogens is 3. The monoisotopic (exact) mass is 323 g/mol. The highest BCUT2D eigenvalue weighted by molar-refractivity contribution is 6.32. The van der Waals surface area contributed by atoms with Crippen LogP contribution >= 0.6 is 11.6 Å². The van der Waals surface area contributed by atoms with E-state index in [9.17, 15) is 4.79 Å². The number of carbonyl (C=O) groups excluding carboxylic acids is 1. The number of halogens is 1. The average molecular weight is 324 g/mol. The highest BCUT2D eigenvalue weighted by atomic mass is 35.5. The lowest BCUT2D eigenvalue weighted by molar-refractivity contribution is 0.0520. The summed E-state index contributed by atoms with van der Waals surface area (Å²) in [5.74, 6) is 0.0725. The molecule has 118 valence electrons. The van der Waals surface area contributed by atoms with Crippen LogP contribution in [0, 0.1) is 0 Å². The molecule has 1 N–H and O–H groups in total. The summed E-state index contributed by atoms with van der Waals surface area (Å²) >= 11 is 6.24. The maximum absolute atomic E-state index is 11.8. The van der Waals surface area contributed by atoms with Crippen LogP contribution in [0.2, 0.25) is 5.02 Å². The summed E-state index contributed by atoms with van der Waals surface area (Å²) in [5, 5.41) is 10.7. The Balaban J connectivity index is 2.29. The molecule has 2 rings (SSSR count). The average Bonchev–Trinajstić information content (AvgIpc) is 2.99. The van der Waals surface area contributed by atoms with Crippen LogP contribution in [0.4, 0.5) is 0 Å². The number of nitrogens with zero attached hydrogens (tertiary/aromatic N) is 2. The van der Waals surface area contributed by atoms with Gasteiger partial charge in [0.2, 0.25) is 0 Å². The molecule has 1 heterocycles. The second-order valence-corrected chi connectivity index (χ2v) is 5.13. The van der Waals surface area contributed by atoms with Gasteiger partial charge in [0.25, 0.3) is 0 Å². The number of carbonyl (C=O) groups is 1. The van der Waals surface area contributed by atoms with E-state index in [2.05, 4.69) is 15.4 Å². The van der Waals surface area contributed by atoms with E-state index in [1.54, 1.807) is 25.1 Å². The molecular weight excluding hydrogens is 306 g/mol. The fraction of sp³-hybridized carbons (Fsp3) is 0.400. The Morgan fingerprint density at radius 1 is 1.36 bits per heavy atom. The minimum Gasteiger partial charge on any atom is -0.489 e. The predicted molar refractivity (Wildman–Crippen MR) is 83.2 cm³/mol. The third-order valence-electron chi connectivity index (χ3n) is 3.13. The van der Waals surface area contributed by atoms with Crippen molar-refractivity contribution in [3.05, 3.63) is 28.9 Å². The van der Waals surface area contributed by atoms with Crippen LogP contribution in [0.25, 0.3) is 11.3 Å². The Bertz CT molecular complexity index is 657. The zero-order valence-corrected chi connectivity index (χ0v) is 13.5. The first kappa shape index (κ1) is 16.3. The Kier molecular flexibility index (Phi) is 5.38. The van der Waals surface area contributed by atoms with Gasteiger partial charge in [-0.05, 0) is 38.5 Å². The van der Waals surface area contributed by atoms with Crippen molar-refractivity contribution < 1.29 is 14.3 Å². The van der Waals surface area contributed by atoms with Gasteiger partial charge in [-0.1, -0.05) is 18.5 Å². The fourth-order valence-corrected chi connectivity index (χ4v) is 2.04. The number of aromatic amines is 1. The molecule has 0 spiro atoms. The molecule has 1 unspecified atom stereocenters. The third kappa shape index (κ3) is 3.57. The van der Waals surface area contributed by atoms with Crippen molar-refractivity contribution in [2.24, 2.45) is 0 Å². The van der Waals surface area contributed by atoms with Crippen molar-refractivity contribution in [1.29, 1.82) is 0 Å². The Hall–Kier alpha value is -2.08. The van der Waals surface area contributed by atoms with E-state index < -0.39 is 5.97 Å². The van der Waals surface area contributed by atoms with E-state index in [0.29, 0.717) is 22.0 Å². The van der Waals surface area contributed by atoms with Crippen LogP contribution in [0.5, 0.6) is 5.75 Å². The molecule has 0 bridgehead atoms. The number of rotatable bonds is 6. The molecule has 0 saturated carbocycles. The smallest absolute Gasteiger partial charge is 0.361 e. The lowest BCUT2D eigenvalue weighted by atomic mass is 10.1. The number of ether oxygens (including phenoxy) is 2. The minimum atomic E-state index is -0.526. The number of esters is 1. The lowest BCUT2D eigenvalue weighted by Crippen LogP contribution is -2.10. The van der Waals surface area contributed by atoms with Crippen molar-refractivity contribution in [2.75, 3.05) is 6.61 Å². The van der Waals surface area contributed by atoms with E-state index in [1.807, 2.05) is 13.8 Å². The molecule has 1 aromatic carbocycles. The molecule has 0 saturated heterocycles. The standard InChI is InChI=1S/C15H18ClN3O3/c1-4-9(3)22-12-7-6-10(8-11(12)16)13-14(18-19-17-13)15(20)21-5-2/h6-9H,4-5H2,1-3H3,(H,17,18,19). The molecule has 1 atom stereocenters. The molecule has 0 aliphatic heterocycles. The second kappa shape index (κ2) is 7.26. The normalized spacial score (nSPS) is 12.0. The van der Waals surface area contributed by atoms with Crippen LogP contribution < -0.4 is 4.74 Å². The van der Waals surface area contributed by atoms with Gasteiger partial charge in [-0.2, -0.15) is 10.3 Å². The summed E-state index contributed by atoms with van der Waals surface area (Å²) in [6.07, 6.45) is 0.958. The van der Waals surface area contributed by atoms with Crippen molar-refractivity contribution in [3.63, 3.8) is 0 Å². The predicted octanol–water partition coefficient (Wildman–Crippen LogP) is 3.48. The van der Waals surface area contributed by atoms with Crippen LogP contribution in [-0.4, -0.2) is 34.1 Å². The van der Waals surface area contributed by atoms with Crippen LogP contribution in [0.15, 0.2) is 18.2 Å². The van der Waals surface area contributed by atoms with E-state index in [0.717, 1.165) is 6.42 Å². The Morgan fingerprint density at radius 2 is 2.14 bits per heavy atom. The third-order valence-corrected chi connectivity index (χ3v) is 3.42. The molecule has 1 aromatic heterocycles. The zero-order chi connectivity index (χ0) is 16.1. The van der Waals surface area contributed by atoms with Gasteiger partial charge < -0.3 is 9.47 Å². The van der Waals surface area contributed by atoms with Crippen molar-refractivity contribution in [1.82, 2.24) is 15.4 Å². The first-order chi connectivity index (χ1) is 10.6. The van der Waals surface area contributed by atoms with Gasteiger partial charge in [0.05, 0.1) is 17.7 Å². The summed E-state index contributed by atoms with van der Waals surface area (Å²) in [5.41, 5.74) is 1.20. The SMILES string of the molecule is CCOC(=O)c1n[nH]nc1-c1ccc(OC(C)CC)c(Cl)c1. The fourth-order valence-electron chi connectivity index (χ4n) is 1.82. The van der Waals surface area contributed by atoms with E-state index in [1.165, 1.54) is 0 Å². The first-order valence-corrected chi connectivity index (χ1v) is 7.49. The van der Waals surface area contributed by atoms with Gasteiger partial charge in [-0.15, -0.1) is 5.10 Å². The maximum Gasteiger partial charge on any atom is 0.361 e. The highest BCUT2D eigenvalue weighted by Crippen LogP contribution is 2.31. The van der Waals surface area contributed by atoms with Crippen LogP contribution in [0.3, 0.4) is 0 Å². The number of hydrogen-bond acceptors (Lipinski definition) is 5. The van der Waals surface area contributed by atoms with Crippen molar-refractivity contribution in [3.8, 4) is 17.0 Å². The number of benzene rings is 1. The van der Waals surface area contributed by atoms with E-state index in [-0.39, 0.29) is 18.4 Å². The molecule has 7 heteroatoms. The van der Waals surface area contributed by atoms with Crippen LogP contribution in [-0.2, 0) is 4.74 Å². The minimum absolute atomic E-state index is 0.0745. The van der Waals surface area contributed by atoms with E-state index >= 15 is 0 Å². The van der Waals surface area contributed by atoms with Crippen molar-refractivity contribution in [2.45, 2.75) is 33.3 Å². The first-order valence-electron chi connectivity index (χ1n) is 7.11. The summed E-state index contributed by atoms with van der Waals surface area (Å²) in [6, 6.07) is 5.23. The van der Waals surface area contributed by atoms with Crippen LogP contribution in [0.1, 0.15) is 37.7 Å². The molecule has 0 aliphatic carbocycles. The number of H-pyrrole nitrogens is 1. The van der Waals surface area contributed by atoms with Gasteiger partial charge in [-0.25, -0.2) is 4.79 Å². The Morgan fingerprint density at radius 3 is 2.77 bits per heavy atom. The summed E-state index contributed by atoms with van der Waals surface area (Å²) in [4.78, 5) is 11.8. The highest BCUT2D eigenvalue weighted by Gasteiger charge is 2.20. The van der Waals surface area contributed by atoms with Crippen molar-refractivity contribution >= 4 is 17.6 Å². The largest absolute Gasteiger partial charge is 0.489 e. The van der Waals surface area contributed by atoms with Gasteiger partial charge in [0.15, 0.2) is 5.69 Å². The molecule has 2 aromatic rings. The van der Waals surface area contributed by atoms with Gasteiger partial charge in [0.1, 0.15) is 11.4 Å². The molecule has 6 nitrogen and oxygen atoms in total. The van der Waals surface area contributed by atoms with Gasteiger partial charge in [-0.3, -0.25) is 0 Å². The molecule has 0 amide bonds. The summed E-state index contributed by atoms with van der Waals surface area (Å²) in [6.45, 7) is 6.01. The lowest BCUT2D eigenvalue weighted by Gasteiger charge is -2.14. The van der Waals surface area contributed by atoms with Gasteiger partial charge in [0, 0.05) is 5.56 Å². The molecule has 0 radical (unpaired) electrons. The Labute approximate surface area is 133 Å². The van der Waals surface area contributed by atoms with Gasteiger partial charge >= 0.3 is 5.97 Å². The molecule has 0 aliphatic rings. The van der Waals surface area contributed by atoms with E-state index in [4.69, 9.17) is 21.1 Å². The number of hydrogen-bond donors (Lipinski definition) is 1. The quantitative estimate of drug-likeness (QED) is 0.823. The maximum atomic E-state index is 11.8. The number of nitrogens with one attached hydrogen (secondary N) is 1. The second-order valence-electron chi connectivity index (χ2n) is 4.72. The zero-order valence-electron chi connectivity index (χ0n) is 12.7. The molecule has 22 heavy (non-hydrogen) atoms. The molecular formula is C15H18ClN3O3. The topological polar surface area (TPSA) is 77.1 Å². The summed E-state index contributed by atoms with van der Waals surface area (Å²) in [7, 11) is 0. The molecule has 0 fully saturated rings. The summed E-state index contributed by atoms with van der Waals surface area (Å²) < 4.78 is 10.7.